The first-order chi connectivity index (χ1) is 8.72. The number of rotatable bonds is 5. The Kier molecular flexibility index (Phi) is 7.20. The van der Waals surface area contributed by atoms with E-state index < -0.39 is 0 Å². The molecule has 0 aliphatic rings. The molecule has 0 aromatic carbocycles. The summed E-state index contributed by atoms with van der Waals surface area (Å²) >= 11 is 0. The van der Waals surface area contributed by atoms with Crippen LogP contribution in [0.1, 0.15) is 41.5 Å². The summed E-state index contributed by atoms with van der Waals surface area (Å²) in [5.41, 5.74) is 2.83. The summed E-state index contributed by atoms with van der Waals surface area (Å²) in [6.45, 7) is 16.4. The standard InChI is InChI=1S/C16H27N3/c1-9-18-11-10-12(2)15(17-8)13(3)14(4)19-16(5,6)7/h9-11,13H,2H2,1,3-8H3/b11-10-,17-15?,18-9?,19-14?. The predicted molar refractivity (Wildman–Crippen MR) is 87.8 cm³/mol. The summed E-state index contributed by atoms with van der Waals surface area (Å²) < 4.78 is 0. The van der Waals surface area contributed by atoms with Crippen molar-refractivity contribution in [1.82, 2.24) is 0 Å². The maximum Gasteiger partial charge on any atom is 0.0523 e. The minimum Gasteiger partial charge on any atom is -0.292 e. The SMILES string of the molecule is C=C(/C=C\N=CC)C(=NC)C(C)C(C)=NC(C)(C)C. The molecule has 0 spiro atoms. The Morgan fingerprint density at radius 2 is 1.84 bits per heavy atom. The van der Waals surface area contributed by atoms with Crippen LogP contribution in [-0.2, 0) is 0 Å². The van der Waals surface area contributed by atoms with E-state index in [1.807, 2.05) is 19.9 Å². The Hall–Kier alpha value is -1.51. The maximum atomic E-state index is 4.70. The Morgan fingerprint density at radius 1 is 1.26 bits per heavy atom. The fourth-order valence-corrected chi connectivity index (χ4v) is 1.74. The number of allylic oxidation sites excluding steroid dienone is 2. The van der Waals surface area contributed by atoms with E-state index in [0.29, 0.717) is 0 Å². The van der Waals surface area contributed by atoms with Crippen LogP contribution in [-0.4, -0.2) is 30.2 Å². The van der Waals surface area contributed by atoms with Gasteiger partial charge < -0.3 is 0 Å². The highest BCUT2D eigenvalue weighted by atomic mass is 14.8. The van der Waals surface area contributed by atoms with Gasteiger partial charge >= 0.3 is 0 Å². The monoisotopic (exact) mass is 261 g/mol. The first kappa shape index (κ1) is 17.5. The quantitative estimate of drug-likeness (QED) is 0.527. The van der Waals surface area contributed by atoms with Gasteiger partial charge in [0.2, 0.25) is 0 Å². The van der Waals surface area contributed by atoms with E-state index in [1.54, 1.807) is 19.5 Å². The minimum absolute atomic E-state index is 0.0686. The van der Waals surface area contributed by atoms with Gasteiger partial charge in [-0.1, -0.05) is 13.5 Å². The van der Waals surface area contributed by atoms with Crippen LogP contribution in [0.2, 0.25) is 0 Å². The molecule has 0 aromatic heterocycles. The van der Waals surface area contributed by atoms with E-state index in [0.717, 1.165) is 17.0 Å². The second-order valence-corrected chi connectivity index (χ2v) is 5.50. The van der Waals surface area contributed by atoms with Gasteiger partial charge in [0.25, 0.3) is 0 Å². The van der Waals surface area contributed by atoms with Gasteiger partial charge in [0.05, 0.1) is 5.54 Å². The first-order valence-electron chi connectivity index (χ1n) is 6.59. The van der Waals surface area contributed by atoms with Gasteiger partial charge in [-0.3, -0.25) is 15.0 Å². The number of nitrogens with zero attached hydrogens (tertiary/aromatic N) is 3. The number of aliphatic imine (C=N–C) groups is 3. The van der Waals surface area contributed by atoms with E-state index in [2.05, 4.69) is 44.3 Å². The zero-order valence-electron chi connectivity index (χ0n) is 13.4. The summed E-state index contributed by atoms with van der Waals surface area (Å²) in [4.78, 5) is 13.1. The van der Waals surface area contributed by atoms with Crippen molar-refractivity contribution in [3.05, 3.63) is 24.4 Å². The van der Waals surface area contributed by atoms with Crippen molar-refractivity contribution in [3.63, 3.8) is 0 Å². The summed E-state index contributed by atoms with van der Waals surface area (Å²) in [6, 6.07) is 0. The van der Waals surface area contributed by atoms with Crippen LogP contribution in [0.5, 0.6) is 0 Å². The van der Waals surface area contributed by atoms with E-state index >= 15 is 0 Å². The van der Waals surface area contributed by atoms with E-state index in [9.17, 15) is 0 Å². The van der Waals surface area contributed by atoms with Crippen LogP contribution in [0, 0.1) is 5.92 Å². The van der Waals surface area contributed by atoms with Crippen molar-refractivity contribution in [2.75, 3.05) is 7.05 Å². The highest BCUT2D eigenvalue weighted by Gasteiger charge is 2.17. The molecule has 0 amide bonds. The second-order valence-electron chi connectivity index (χ2n) is 5.50. The third kappa shape index (κ3) is 6.85. The van der Waals surface area contributed by atoms with Gasteiger partial charge in [0.15, 0.2) is 0 Å². The molecule has 3 heteroatoms. The lowest BCUT2D eigenvalue weighted by atomic mass is 9.94. The molecule has 0 rings (SSSR count). The van der Waals surface area contributed by atoms with Gasteiger partial charge in [0, 0.05) is 36.8 Å². The van der Waals surface area contributed by atoms with Crippen LogP contribution in [0.3, 0.4) is 0 Å². The summed E-state index contributed by atoms with van der Waals surface area (Å²) in [5, 5.41) is 0. The molecule has 1 atom stereocenters. The zero-order valence-corrected chi connectivity index (χ0v) is 13.4. The average Bonchev–Trinajstić information content (AvgIpc) is 2.27. The van der Waals surface area contributed by atoms with Gasteiger partial charge in [-0.2, -0.15) is 0 Å². The molecule has 3 nitrogen and oxygen atoms in total. The molecule has 0 fully saturated rings. The maximum absolute atomic E-state index is 4.70. The van der Waals surface area contributed by atoms with Crippen LogP contribution >= 0.6 is 0 Å². The van der Waals surface area contributed by atoms with Crippen molar-refractivity contribution in [2.24, 2.45) is 20.9 Å². The van der Waals surface area contributed by atoms with E-state index in [1.165, 1.54) is 0 Å². The third-order valence-electron chi connectivity index (χ3n) is 2.63. The first-order valence-corrected chi connectivity index (χ1v) is 6.59. The molecule has 0 aromatic rings. The molecule has 0 heterocycles. The molecule has 0 saturated heterocycles. The van der Waals surface area contributed by atoms with Crippen molar-refractivity contribution in [2.45, 2.75) is 47.1 Å². The molecule has 0 bridgehead atoms. The van der Waals surface area contributed by atoms with Gasteiger partial charge in [0.1, 0.15) is 0 Å². The van der Waals surface area contributed by atoms with Crippen molar-refractivity contribution >= 4 is 17.6 Å². The molecule has 106 valence electrons. The van der Waals surface area contributed by atoms with Crippen LogP contribution in [0.25, 0.3) is 0 Å². The predicted octanol–water partition coefficient (Wildman–Crippen LogP) is 4.11. The third-order valence-corrected chi connectivity index (χ3v) is 2.63. The van der Waals surface area contributed by atoms with Crippen LogP contribution < -0.4 is 0 Å². The molecule has 0 radical (unpaired) electrons. The Balaban J connectivity index is 5.09. The minimum atomic E-state index is -0.0686. The lowest BCUT2D eigenvalue weighted by Gasteiger charge is -2.19. The lowest BCUT2D eigenvalue weighted by Crippen LogP contribution is -2.23. The van der Waals surface area contributed by atoms with Crippen LogP contribution in [0.4, 0.5) is 0 Å². The summed E-state index contributed by atoms with van der Waals surface area (Å²) in [6.07, 6.45) is 5.35. The molecule has 1 unspecified atom stereocenters. The fourth-order valence-electron chi connectivity index (χ4n) is 1.74. The number of hydrogen-bond donors (Lipinski definition) is 0. The number of hydrogen-bond acceptors (Lipinski definition) is 3. The molecule has 0 N–H and O–H groups in total. The second kappa shape index (κ2) is 7.82. The molecule has 19 heavy (non-hydrogen) atoms. The van der Waals surface area contributed by atoms with E-state index in [-0.39, 0.29) is 11.5 Å². The highest BCUT2D eigenvalue weighted by molar-refractivity contribution is 6.15. The smallest absolute Gasteiger partial charge is 0.0523 e. The van der Waals surface area contributed by atoms with Gasteiger partial charge in [-0.25, -0.2) is 0 Å². The Labute approximate surface area is 118 Å². The molecular weight excluding hydrogens is 234 g/mol. The van der Waals surface area contributed by atoms with Crippen LogP contribution in [0.15, 0.2) is 39.4 Å². The van der Waals surface area contributed by atoms with E-state index in [4.69, 9.17) is 4.99 Å². The van der Waals surface area contributed by atoms with Gasteiger partial charge in [-0.15, -0.1) is 0 Å². The zero-order chi connectivity index (χ0) is 15.1. The average molecular weight is 261 g/mol. The lowest BCUT2D eigenvalue weighted by molar-refractivity contribution is 0.580. The summed E-state index contributed by atoms with van der Waals surface area (Å²) in [7, 11) is 1.79. The topological polar surface area (TPSA) is 37.1 Å². The largest absolute Gasteiger partial charge is 0.292 e. The van der Waals surface area contributed by atoms with Crippen molar-refractivity contribution in [3.8, 4) is 0 Å². The van der Waals surface area contributed by atoms with Gasteiger partial charge in [-0.05, 0) is 46.3 Å². The van der Waals surface area contributed by atoms with Crippen molar-refractivity contribution < 1.29 is 0 Å². The normalized spacial score (nSPS) is 16.4. The molecule has 0 aliphatic heterocycles. The molecular formula is C16H27N3. The molecule has 0 saturated carbocycles. The van der Waals surface area contributed by atoms with Crippen molar-refractivity contribution in [1.29, 1.82) is 0 Å². The molecule has 0 aliphatic carbocycles. The fraction of sp³-hybridized carbons (Fsp3) is 0.562. The highest BCUT2D eigenvalue weighted by Crippen LogP contribution is 2.15. The Bertz CT molecular complexity index is 418. The Morgan fingerprint density at radius 3 is 2.26 bits per heavy atom. The summed E-state index contributed by atoms with van der Waals surface area (Å²) in [5.74, 6) is 0.159.